The van der Waals surface area contributed by atoms with Crippen molar-refractivity contribution in [3.05, 3.63) is 53.6 Å². The molecular weight excluding hydrogens is 462 g/mol. The van der Waals surface area contributed by atoms with Crippen LogP contribution < -0.4 is 25.8 Å². The molecule has 5 rings (SSSR count). The van der Waals surface area contributed by atoms with Gasteiger partial charge in [-0.25, -0.2) is 4.79 Å². The van der Waals surface area contributed by atoms with Crippen LogP contribution in [0, 0.1) is 6.92 Å². The molecule has 1 aliphatic carbocycles. The van der Waals surface area contributed by atoms with Gasteiger partial charge in [-0.2, -0.15) is 0 Å². The van der Waals surface area contributed by atoms with Gasteiger partial charge < -0.3 is 30.7 Å². The van der Waals surface area contributed by atoms with Gasteiger partial charge in [-0.05, 0) is 68.5 Å². The smallest absolute Gasteiger partial charge is 0.323 e. The van der Waals surface area contributed by atoms with Crippen LogP contribution in [0.5, 0.6) is 11.5 Å². The fraction of sp³-hybridized carbons (Fsp3) is 0.423. The number of hydrogen-bond donors (Lipinski definition) is 3. The number of fused-ring (bicyclic) bond motifs is 1. The summed E-state index contributed by atoms with van der Waals surface area (Å²) in [5.74, 6) is 0.317. The molecule has 4 amide bonds. The Morgan fingerprint density at radius 1 is 0.944 bits per heavy atom. The summed E-state index contributed by atoms with van der Waals surface area (Å²) in [5.41, 5.74) is 8.00. The Morgan fingerprint density at radius 2 is 1.69 bits per heavy atom. The summed E-state index contributed by atoms with van der Waals surface area (Å²) in [5, 5.41) is 5.93. The lowest BCUT2D eigenvalue weighted by Crippen LogP contribution is -2.56. The fourth-order valence-corrected chi connectivity index (χ4v) is 4.99. The number of carbonyl (C=O) groups excluding carboxylic acids is 3. The first-order chi connectivity index (χ1) is 17.4. The first-order valence-corrected chi connectivity index (χ1v) is 12.3. The maximum absolute atomic E-state index is 13.5. The Morgan fingerprint density at radius 3 is 2.47 bits per heavy atom. The predicted molar refractivity (Wildman–Crippen MR) is 133 cm³/mol. The molecule has 2 aromatic rings. The van der Waals surface area contributed by atoms with Crippen molar-refractivity contribution in [3.8, 4) is 11.5 Å². The SMILES string of the molecule is Cc1cccc(NC(=O)N2CCN(C(=O)c3ccc4c(c3)OCO4)C2C(=O)NC2CCC(N)CC2)c1. The number of nitrogens with two attached hydrogens (primary N) is 1. The number of aryl methyl sites for hydroxylation is 1. The van der Waals surface area contributed by atoms with Gasteiger partial charge in [-0.3, -0.25) is 14.5 Å². The predicted octanol–water partition coefficient (Wildman–Crippen LogP) is 2.43. The van der Waals surface area contributed by atoms with E-state index in [1.54, 1.807) is 24.3 Å². The number of rotatable bonds is 4. The highest BCUT2D eigenvalue weighted by Crippen LogP contribution is 2.33. The fourth-order valence-electron chi connectivity index (χ4n) is 4.99. The van der Waals surface area contributed by atoms with E-state index in [4.69, 9.17) is 15.2 Å². The Balaban J connectivity index is 1.38. The van der Waals surface area contributed by atoms with Crippen LogP contribution in [-0.2, 0) is 4.79 Å². The summed E-state index contributed by atoms with van der Waals surface area (Å²) in [6.07, 6.45) is 2.11. The molecule has 3 aliphatic rings. The standard InChI is InChI=1S/C26H31N5O5/c1-16-3-2-4-20(13-16)29-26(34)31-12-11-30(24(31)23(32)28-19-8-6-18(27)7-9-19)25(33)17-5-10-21-22(14-17)36-15-35-21/h2-5,10,13-14,18-19,24H,6-9,11-12,15,27H2,1H3,(H,28,32)(H,29,34). The average Bonchev–Trinajstić information content (AvgIpc) is 3.52. The highest BCUT2D eigenvalue weighted by atomic mass is 16.7. The Labute approximate surface area is 209 Å². The third-order valence-electron chi connectivity index (χ3n) is 6.94. The molecule has 2 aromatic carbocycles. The molecular formula is C26H31N5O5. The Kier molecular flexibility index (Phi) is 6.69. The Bertz CT molecular complexity index is 1160. The maximum atomic E-state index is 13.5. The minimum atomic E-state index is -1.08. The van der Waals surface area contributed by atoms with Crippen molar-refractivity contribution in [1.29, 1.82) is 0 Å². The van der Waals surface area contributed by atoms with E-state index in [1.807, 2.05) is 25.1 Å². The maximum Gasteiger partial charge on any atom is 0.323 e. The minimum absolute atomic E-state index is 0.0397. The molecule has 2 heterocycles. The van der Waals surface area contributed by atoms with E-state index in [-0.39, 0.29) is 43.8 Å². The zero-order valence-electron chi connectivity index (χ0n) is 20.2. The van der Waals surface area contributed by atoms with Gasteiger partial charge in [0.15, 0.2) is 17.7 Å². The van der Waals surface area contributed by atoms with E-state index >= 15 is 0 Å². The second-order valence-electron chi connectivity index (χ2n) is 9.55. The van der Waals surface area contributed by atoms with E-state index in [0.717, 1.165) is 31.2 Å². The minimum Gasteiger partial charge on any atom is -0.454 e. The highest BCUT2D eigenvalue weighted by molar-refractivity contribution is 6.01. The number of hydrogen-bond acceptors (Lipinski definition) is 6. The largest absolute Gasteiger partial charge is 0.454 e. The summed E-state index contributed by atoms with van der Waals surface area (Å²) in [7, 11) is 0. The number of nitrogens with zero attached hydrogens (tertiary/aromatic N) is 2. The third kappa shape index (κ3) is 4.94. The summed E-state index contributed by atoms with van der Waals surface area (Å²) in [6.45, 7) is 2.48. The van der Waals surface area contributed by atoms with Gasteiger partial charge in [-0.15, -0.1) is 0 Å². The zero-order chi connectivity index (χ0) is 25.2. The van der Waals surface area contributed by atoms with Crippen molar-refractivity contribution in [2.24, 2.45) is 5.73 Å². The van der Waals surface area contributed by atoms with E-state index in [0.29, 0.717) is 22.7 Å². The number of benzene rings is 2. The normalized spacial score (nSPS) is 22.9. The van der Waals surface area contributed by atoms with Gasteiger partial charge >= 0.3 is 6.03 Å². The van der Waals surface area contributed by atoms with Crippen LogP contribution >= 0.6 is 0 Å². The van der Waals surface area contributed by atoms with Crippen molar-refractivity contribution in [2.75, 3.05) is 25.2 Å². The lowest BCUT2D eigenvalue weighted by Gasteiger charge is -2.32. The van der Waals surface area contributed by atoms with Gasteiger partial charge in [0.2, 0.25) is 6.79 Å². The van der Waals surface area contributed by atoms with Crippen molar-refractivity contribution < 1.29 is 23.9 Å². The van der Waals surface area contributed by atoms with Crippen LogP contribution in [0.3, 0.4) is 0 Å². The van der Waals surface area contributed by atoms with Gasteiger partial charge in [-0.1, -0.05) is 12.1 Å². The average molecular weight is 494 g/mol. The molecule has 36 heavy (non-hydrogen) atoms. The number of ether oxygens (including phenoxy) is 2. The van der Waals surface area contributed by atoms with Crippen molar-refractivity contribution in [3.63, 3.8) is 0 Å². The van der Waals surface area contributed by atoms with Crippen LogP contribution in [0.1, 0.15) is 41.6 Å². The molecule has 1 saturated carbocycles. The number of carbonyl (C=O) groups is 3. The second kappa shape index (κ2) is 10.1. The van der Waals surface area contributed by atoms with Crippen molar-refractivity contribution in [1.82, 2.24) is 15.1 Å². The Hall–Kier alpha value is -3.79. The summed E-state index contributed by atoms with van der Waals surface area (Å²) in [6, 6.07) is 12.0. The molecule has 0 aromatic heterocycles. The first kappa shape index (κ1) is 23.9. The molecule has 190 valence electrons. The monoisotopic (exact) mass is 493 g/mol. The first-order valence-electron chi connectivity index (χ1n) is 12.3. The molecule has 0 radical (unpaired) electrons. The molecule has 1 saturated heterocycles. The number of urea groups is 1. The molecule has 2 aliphatic heterocycles. The molecule has 10 nitrogen and oxygen atoms in total. The molecule has 0 bridgehead atoms. The van der Waals surface area contributed by atoms with Crippen molar-refractivity contribution >= 4 is 23.5 Å². The third-order valence-corrected chi connectivity index (χ3v) is 6.94. The van der Waals surface area contributed by atoms with Crippen LogP contribution in [0.2, 0.25) is 0 Å². The van der Waals surface area contributed by atoms with Gasteiger partial charge in [0.05, 0.1) is 0 Å². The molecule has 2 fully saturated rings. The number of anilines is 1. The molecule has 1 unspecified atom stereocenters. The molecule has 1 atom stereocenters. The molecule has 4 N–H and O–H groups in total. The lowest BCUT2D eigenvalue weighted by molar-refractivity contribution is -0.128. The molecule has 10 heteroatoms. The van der Waals surface area contributed by atoms with Gasteiger partial charge in [0, 0.05) is 36.4 Å². The summed E-state index contributed by atoms with van der Waals surface area (Å²) >= 11 is 0. The lowest BCUT2D eigenvalue weighted by atomic mass is 9.92. The summed E-state index contributed by atoms with van der Waals surface area (Å²) in [4.78, 5) is 43.2. The van der Waals surface area contributed by atoms with E-state index in [2.05, 4.69) is 10.6 Å². The van der Waals surface area contributed by atoms with Crippen molar-refractivity contribution in [2.45, 2.75) is 50.9 Å². The quantitative estimate of drug-likeness (QED) is 0.601. The van der Waals surface area contributed by atoms with E-state index < -0.39 is 12.2 Å². The van der Waals surface area contributed by atoms with Crippen LogP contribution in [0.4, 0.5) is 10.5 Å². The van der Waals surface area contributed by atoms with Gasteiger partial charge in [0.1, 0.15) is 0 Å². The number of nitrogens with one attached hydrogen (secondary N) is 2. The van der Waals surface area contributed by atoms with Gasteiger partial charge in [0.25, 0.3) is 11.8 Å². The van der Waals surface area contributed by atoms with E-state index in [1.165, 1.54) is 9.80 Å². The molecule has 0 spiro atoms. The topological polar surface area (TPSA) is 126 Å². The van der Waals surface area contributed by atoms with E-state index in [9.17, 15) is 14.4 Å². The van der Waals surface area contributed by atoms with Crippen LogP contribution in [0.25, 0.3) is 0 Å². The highest BCUT2D eigenvalue weighted by Gasteiger charge is 2.44. The zero-order valence-corrected chi connectivity index (χ0v) is 20.2. The second-order valence-corrected chi connectivity index (χ2v) is 9.55. The van der Waals surface area contributed by atoms with Crippen LogP contribution in [-0.4, -0.2) is 65.8 Å². The van der Waals surface area contributed by atoms with Crippen LogP contribution in [0.15, 0.2) is 42.5 Å². The number of amides is 4. The summed E-state index contributed by atoms with van der Waals surface area (Å²) < 4.78 is 10.8.